The second-order valence-corrected chi connectivity index (χ2v) is 7.96. The molecule has 0 amide bonds. The van der Waals surface area contributed by atoms with E-state index in [2.05, 4.69) is 132 Å². The Kier molecular flexibility index (Phi) is 4.03. The lowest BCUT2D eigenvalue weighted by Gasteiger charge is -2.22. The van der Waals surface area contributed by atoms with E-state index in [-0.39, 0.29) is 0 Å². The van der Waals surface area contributed by atoms with Crippen LogP contribution in [-0.2, 0) is 0 Å². The SMILES string of the molecule is CN(c1ccccc1)c1cccc2c3cc4ccccc4cc3n(-c3ccccc3)c12. The molecule has 31 heavy (non-hydrogen) atoms. The Morgan fingerprint density at radius 2 is 1.23 bits per heavy atom. The molecule has 6 aromatic rings. The van der Waals surface area contributed by atoms with E-state index in [9.17, 15) is 0 Å². The average Bonchev–Trinajstić information content (AvgIpc) is 3.16. The summed E-state index contributed by atoms with van der Waals surface area (Å²) in [6, 6.07) is 41.1. The predicted molar refractivity (Wildman–Crippen MR) is 133 cm³/mol. The van der Waals surface area contributed by atoms with Gasteiger partial charge in [0.2, 0.25) is 0 Å². The molecule has 0 N–H and O–H groups in total. The lowest BCUT2D eigenvalue weighted by atomic mass is 10.1. The van der Waals surface area contributed by atoms with Gasteiger partial charge in [0.15, 0.2) is 0 Å². The number of para-hydroxylation sites is 3. The molecule has 1 aromatic heterocycles. The van der Waals surface area contributed by atoms with Crippen LogP contribution in [0.3, 0.4) is 0 Å². The quantitative estimate of drug-likeness (QED) is 0.296. The van der Waals surface area contributed by atoms with Gasteiger partial charge in [-0.15, -0.1) is 0 Å². The third-order valence-electron chi connectivity index (χ3n) is 6.15. The summed E-state index contributed by atoms with van der Waals surface area (Å²) in [4.78, 5) is 2.28. The number of nitrogens with zero attached hydrogens (tertiary/aromatic N) is 2. The van der Waals surface area contributed by atoms with E-state index in [1.807, 2.05) is 0 Å². The van der Waals surface area contributed by atoms with Gasteiger partial charge in [-0.2, -0.15) is 0 Å². The molecule has 2 nitrogen and oxygen atoms in total. The molecule has 5 aromatic carbocycles. The Labute approximate surface area is 181 Å². The van der Waals surface area contributed by atoms with Crippen LogP contribution in [0.2, 0.25) is 0 Å². The molecule has 0 saturated heterocycles. The standard InChI is InChI=1S/C29H22N2/c1-30(23-13-4-2-5-14-23)27-18-10-17-25-26-19-21-11-8-9-12-22(21)20-28(26)31(29(25)27)24-15-6-3-7-16-24/h2-20H,1H3. The third kappa shape index (κ3) is 2.80. The molecule has 0 spiro atoms. The van der Waals surface area contributed by atoms with E-state index in [0.717, 1.165) is 0 Å². The Bertz CT molecular complexity index is 1530. The summed E-state index contributed by atoms with van der Waals surface area (Å²) in [5.74, 6) is 0. The van der Waals surface area contributed by atoms with Gasteiger partial charge in [0, 0.05) is 29.2 Å². The molecule has 0 aliphatic heterocycles. The van der Waals surface area contributed by atoms with E-state index in [4.69, 9.17) is 0 Å². The van der Waals surface area contributed by atoms with Gasteiger partial charge in [0.1, 0.15) is 0 Å². The van der Waals surface area contributed by atoms with Crippen molar-refractivity contribution >= 4 is 44.0 Å². The van der Waals surface area contributed by atoms with Crippen molar-refractivity contribution in [2.45, 2.75) is 0 Å². The Balaban J connectivity index is 1.77. The summed E-state index contributed by atoms with van der Waals surface area (Å²) in [6.45, 7) is 0. The minimum absolute atomic E-state index is 1.17. The number of hydrogen-bond donors (Lipinski definition) is 0. The van der Waals surface area contributed by atoms with Crippen molar-refractivity contribution in [3.8, 4) is 5.69 Å². The molecule has 0 fully saturated rings. The molecule has 148 valence electrons. The van der Waals surface area contributed by atoms with Crippen LogP contribution in [0.15, 0.2) is 115 Å². The van der Waals surface area contributed by atoms with Gasteiger partial charge in [0.05, 0.1) is 16.7 Å². The number of rotatable bonds is 3. The molecule has 6 rings (SSSR count). The first kappa shape index (κ1) is 17.8. The van der Waals surface area contributed by atoms with Crippen LogP contribution in [0.5, 0.6) is 0 Å². The molecule has 2 heteroatoms. The zero-order valence-electron chi connectivity index (χ0n) is 17.4. The summed E-state index contributed by atoms with van der Waals surface area (Å²) in [5, 5.41) is 5.07. The fourth-order valence-corrected chi connectivity index (χ4v) is 4.64. The summed E-state index contributed by atoms with van der Waals surface area (Å²) in [6.07, 6.45) is 0. The lowest BCUT2D eigenvalue weighted by molar-refractivity contribution is 1.15. The van der Waals surface area contributed by atoms with Gasteiger partial charge in [-0.05, 0) is 53.2 Å². The van der Waals surface area contributed by atoms with Crippen molar-refractivity contribution in [2.24, 2.45) is 0 Å². The Morgan fingerprint density at radius 1 is 0.581 bits per heavy atom. The average molecular weight is 399 g/mol. The van der Waals surface area contributed by atoms with Crippen LogP contribution >= 0.6 is 0 Å². The molecule has 0 unspecified atom stereocenters. The van der Waals surface area contributed by atoms with Gasteiger partial charge in [-0.3, -0.25) is 0 Å². The topological polar surface area (TPSA) is 8.17 Å². The Hall–Kier alpha value is -4.04. The largest absolute Gasteiger partial charge is 0.343 e. The predicted octanol–water partition coefficient (Wildman–Crippen LogP) is 7.70. The van der Waals surface area contributed by atoms with Crippen molar-refractivity contribution in [2.75, 3.05) is 11.9 Å². The minimum Gasteiger partial charge on any atom is -0.343 e. The summed E-state index contributed by atoms with van der Waals surface area (Å²) < 4.78 is 2.41. The second kappa shape index (κ2) is 7.03. The molecular weight excluding hydrogens is 376 g/mol. The highest BCUT2D eigenvalue weighted by Crippen LogP contribution is 2.40. The van der Waals surface area contributed by atoms with E-state index in [1.54, 1.807) is 0 Å². The van der Waals surface area contributed by atoms with Crippen LogP contribution in [-0.4, -0.2) is 11.6 Å². The maximum absolute atomic E-state index is 2.41. The summed E-state index contributed by atoms with van der Waals surface area (Å²) >= 11 is 0. The van der Waals surface area contributed by atoms with E-state index in [1.165, 1.54) is 49.6 Å². The first-order valence-corrected chi connectivity index (χ1v) is 10.6. The number of benzene rings is 5. The fraction of sp³-hybridized carbons (Fsp3) is 0.0345. The first-order chi connectivity index (χ1) is 15.3. The zero-order chi connectivity index (χ0) is 20.8. The van der Waals surface area contributed by atoms with Crippen LogP contribution in [0, 0.1) is 0 Å². The van der Waals surface area contributed by atoms with Gasteiger partial charge in [0.25, 0.3) is 0 Å². The number of aromatic nitrogens is 1. The molecule has 0 bridgehead atoms. The van der Waals surface area contributed by atoms with Crippen LogP contribution < -0.4 is 4.90 Å². The van der Waals surface area contributed by atoms with E-state index in [0.29, 0.717) is 0 Å². The Morgan fingerprint density at radius 3 is 1.97 bits per heavy atom. The highest BCUT2D eigenvalue weighted by molar-refractivity contribution is 6.16. The van der Waals surface area contributed by atoms with Gasteiger partial charge >= 0.3 is 0 Å². The molecule has 0 saturated carbocycles. The van der Waals surface area contributed by atoms with Gasteiger partial charge in [-0.25, -0.2) is 0 Å². The maximum Gasteiger partial charge on any atom is 0.0778 e. The molecule has 0 radical (unpaired) electrons. The van der Waals surface area contributed by atoms with E-state index < -0.39 is 0 Å². The van der Waals surface area contributed by atoms with Crippen molar-refractivity contribution in [1.82, 2.24) is 4.57 Å². The monoisotopic (exact) mass is 398 g/mol. The normalized spacial score (nSPS) is 11.4. The van der Waals surface area contributed by atoms with E-state index >= 15 is 0 Å². The van der Waals surface area contributed by atoms with Crippen molar-refractivity contribution in [3.63, 3.8) is 0 Å². The van der Waals surface area contributed by atoms with Crippen molar-refractivity contribution in [3.05, 3.63) is 115 Å². The molecule has 0 aliphatic rings. The van der Waals surface area contributed by atoms with Crippen molar-refractivity contribution in [1.29, 1.82) is 0 Å². The van der Waals surface area contributed by atoms with Crippen LogP contribution in [0.25, 0.3) is 38.3 Å². The summed E-state index contributed by atoms with van der Waals surface area (Å²) in [5.41, 5.74) is 5.99. The second-order valence-electron chi connectivity index (χ2n) is 7.96. The summed E-state index contributed by atoms with van der Waals surface area (Å²) in [7, 11) is 2.15. The van der Waals surface area contributed by atoms with Gasteiger partial charge < -0.3 is 9.47 Å². The highest BCUT2D eigenvalue weighted by Gasteiger charge is 2.18. The first-order valence-electron chi connectivity index (χ1n) is 10.6. The molecule has 0 aliphatic carbocycles. The zero-order valence-corrected chi connectivity index (χ0v) is 17.4. The smallest absolute Gasteiger partial charge is 0.0778 e. The van der Waals surface area contributed by atoms with Crippen LogP contribution in [0.4, 0.5) is 11.4 Å². The highest BCUT2D eigenvalue weighted by atomic mass is 15.1. The minimum atomic E-state index is 1.17. The molecule has 0 atom stereocenters. The number of anilines is 2. The molecular formula is C29H22N2. The fourth-order valence-electron chi connectivity index (χ4n) is 4.64. The van der Waals surface area contributed by atoms with Crippen LogP contribution in [0.1, 0.15) is 0 Å². The lowest BCUT2D eigenvalue weighted by Crippen LogP contribution is -2.10. The molecule has 1 heterocycles. The number of hydrogen-bond acceptors (Lipinski definition) is 1. The van der Waals surface area contributed by atoms with Gasteiger partial charge in [-0.1, -0.05) is 72.8 Å². The van der Waals surface area contributed by atoms with Crippen molar-refractivity contribution < 1.29 is 0 Å². The maximum atomic E-state index is 2.41. The number of fused-ring (bicyclic) bond motifs is 4. The third-order valence-corrected chi connectivity index (χ3v) is 6.15.